The molecular weight excluding hydrogens is 276 g/mol. The van der Waals surface area contributed by atoms with Gasteiger partial charge in [0.05, 0.1) is 12.3 Å². The van der Waals surface area contributed by atoms with Gasteiger partial charge in [0.15, 0.2) is 6.29 Å². The van der Waals surface area contributed by atoms with Gasteiger partial charge in [-0.1, -0.05) is 0 Å². The summed E-state index contributed by atoms with van der Waals surface area (Å²) in [5, 5.41) is 21.1. The fourth-order valence-electron chi connectivity index (χ4n) is 1.62. The van der Waals surface area contributed by atoms with Crippen molar-refractivity contribution in [1.29, 1.82) is 0 Å². The first-order valence-electron chi connectivity index (χ1n) is 6.94. The predicted octanol–water partition coefficient (Wildman–Crippen LogP) is 0.376. The zero-order valence-electron chi connectivity index (χ0n) is 12.1. The minimum Gasteiger partial charge on any atom is -0.492 e. The maximum Gasteiger partial charge on any atom is 0.305 e. The lowest BCUT2D eigenvalue weighted by Crippen LogP contribution is -2.22. The summed E-state index contributed by atoms with van der Waals surface area (Å²) < 4.78 is 10.3. The first-order chi connectivity index (χ1) is 10.1. The lowest BCUT2D eigenvalue weighted by molar-refractivity contribution is -0.143. The topological polar surface area (TPSA) is 101 Å². The largest absolute Gasteiger partial charge is 0.492 e. The van der Waals surface area contributed by atoms with E-state index in [-0.39, 0.29) is 11.7 Å². The Morgan fingerprint density at radius 3 is 2.95 bits per heavy atom. The molecule has 7 nitrogen and oxygen atoms in total. The molecule has 0 radical (unpaired) electrons. The Balaban J connectivity index is 2.09. The van der Waals surface area contributed by atoms with Gasteiger partial charge >= 0.3 is 5.97 Å². The van der Waals surface area contributed by atoms with Crippen LogP contribution in [0.3, 0.4) is 0 Å². The molecule has 0 aliphatic carbocycles. The van der Waals surface area contributed by atoms with Crippen LogP contribution >= 0.6 is 0 Å². The van der Waals surface area contributed by atoms with E-state index in [1.807, 2.05) is 0 Å². The lowest BCUT2D eigenvalue weighted by atomic mass is 10.3. The summed E-state index contributed by atoms with van der Waals surface area (Å²) in [6, 6.07) is 3.12. The van der Waals surface area contributed by atoms with Gasteiger partial charge in [-0.15, -0.1) is 0 Å². The first kappa shape index (κ1) is 17.4. The second-order valence-corrected chi connectivity index (χ2v) is 4.30. The molecule has 3 N–H and O–H groups in total. The number of aliphatic hydroxyl groups excluding tert-OH is 1. The third-order valence-corrected chi connectivity index (χ3v) is 2.60. The molecule has 1 aromatic rings. The molecule has 0 aliphatic rings. The van der Waals surface area contributed by atoms with Crippen molar-refractivity contribution in [3.05, 3.63) is 24.0 Å². The van der Waals surface area contributed by atoms with Gasteiger partial charge in [0.1, 0.15) is 12.4 Å². The zero-order chi connectivity index (χ0) is 15.5. The van der Waals surface area contributed by atoms with E-state index < -0.39 is 6.29 Å². The number of ether oxygens (including phenoxy) is 2. The third kappa shape index (κ3) is 7.60. The molecule has 7 heteroatoms. The van der Waals surface area contributed by atoms with E-state index in [9.17, 15) is 4.79 Å². The number of rotatable bonds is 10. The maximum absolute atomic E-state index is 11.1. The van der Waals surface area contributed by atoms with Crippen molar-refractivity contribution in [2.45, 2.75) is 26.1 Å². The van der Waals surface area contributed by atoms with Crippen LogP contribution in [0.5, 0.6) is 5.75 Å². The van der Waals surface area contributed by atoms with Crippen LogP contribution in [0.1, 0.15) is 31.7 Å². The Morgan fingerprint density at radius 1 is 1.43 bits per heavy atom. The van der Waals surface area contributed by atoms with Crippen LogP contribution in [0, 0.1) is 0 Å². The number of hydrogen-bond donors (Lipinski definition) is 3. The highest BCUT2D eigenvalue weighted by Crippen LogP contribution is 2.14. The fourth-order valence-corrected chi connectivity index (χ4v) is 1.62. The standard InChI is InChI=1S/C14H22N2O5/c1-2-20-13(17)4-3-6-15-8-9-21-11-5-7-16-12(10-11)14(18)19/h5,7,10,14-15,18-19H,2-4,6,8-9H2,1H3. The monoisotopic (exact) mass is 298 g/mol. The normalized spacial score (nSPS) is 10.7. The Hall–Kier alpha value is -1.70. The van der Waals surface area contributed by atoms with Gasteiger partial charge in [0.2, 0.25) is 0 Å². The molecule has 0 spiro atoms. The number of hydrogen-bond acceptors (Lipinski definition) is 7. The number of aliphatic hydroxyl groups is 2. The number of carbonyl (C=O) groups excluding carboxylic acids is 1. The lowest BCUT2D eigenvalue weighted by Gasteiger charge is -2.09. The molecule has 1 rings (SSSR count). The van der Waals surface area contributed by atoms with Crippen LogP contribution < -0.4 is 10.1 Å². The van der Waals surface area contributed by atoms with Crippen LogP contribution in [0.25, 0.3) is 0 Å². The third-order valence-electron chi connectivity index (χ3n) is 2.60. The van der Waals surface area contributed by atoms with E-state index >= 15 is 0 Å². The summed E-state index contributed by atoms with van der Waals surface area (Å²) in [5.74, 6) is 0.351. The van der Waals surface area contributed by atoms with Gasteiger partial charge < -0.3 is 25.0 Å². The number of pyridine rings is 1. The van der Waals surface area contributed by atoms with E-state index in [2.05, 4.69) is 10.3 Å². The zero-order valence-corrected chi connectivity index (χ0v) is 12.1. The average Bonchev–Trinajstić information content (AvgIpc) is 2.47. The molecule has 0 amide bonds. The summed E-state index contributed by atoms with van der Waals surface area (Å²) >= 11 is 0. The summed E-state index contributed by atoms with van der Waals surface area (Å²) in [6.07, 6.45) is 0.977. The molecule has 1 heterocycles. The molecule has 0 atom stereocenters. The molecule has 21 heavy (non-hydrogen) atoms. The molecule has 118 valence electrons. The summed E-state index contributed by atoms with van der Waals surface area (Å²) in [5.41, 5.74) is 0.148. The number of nitrogens with zero attached hydrogens (tertiary/aromatic N) is 1. The Bertz CT molecular complexity index is 426. The highest BCUT2D eigenvalue weighted by atomic mass is 16.5. The van der Waals surface area contributed by atoms with Gasteiger partial charge in [0, 0.05) is 25.2 Å². The van der Waals surface area contributed by atoms with Crippen molar-refractivity contribution >= 4 is 5.97 Å². The average molecular weight is 298 g/mol. The summed E-state index contributed by atoms with van der Waals surface area (Å²) in [4.78, 5) is 14.9. The van der Waals surface area contributed by atoms with Gasteiger partial charge in [-0.3, -0.25) is 9.78 Å². The number of carbonyl (C=O) groups is 1. The molecule has 0 saturated carbocycles. The van der Waals surface area contributed by atoms with E-state index in [1.54, 1.807) is 13.0 Å². The van der Waals surface area contributed by atoms with Gasteiger partial charge in [0.25, 0.3) is 0 Å². The van der Waals surface area contributed by atoms with E-state index in [0.717, 1.165) is 6.42 Å². The minimum atomic E-state index is -1.60. The summed E-state index contributed by atoms with van der Waals surface area (Å²) in [7, 11) is 0. The highest BCUT2D eigenvalue weighted by Gasteiger charge is 2.05. The van der Waals surface area contributed by atoms with Gasteiger partial charge in [-0.2, -0.15) is 0 Å². The Morgan fingerprint density at radius 2 is 2.24 bits per heavy atom. The van der Waals surface area contributed by atoms with Crippen molar-refractivity contribution in [3.8, 4) is 5.75 Å². The predicted molar refractivity (Wildman–Crippen MR) is 75.6 cm³/mol. The summed E-state index contributed by atoms with van der Waals surface area (Å²) in [6.45, 7) is 3.97. The van der Waals surface area contributed by atoms with Crippen molar-refractivity contribution in [3.63, 3.8) is 0 Å². The van der Waals surface area contributed by atoms with Crippen molar-refractivity contribution in [2.75, 3.05) is 26.3 Å². The van der Waals surface area contributed by atoms with Gasteiger partial charge in [-0.05, 0) is 26.0 Å². The van der Waals surface area contributed by atoms with Crippen molar-refractivity contribution in [1.82, 2.24) is 10.3 Å². The SMILES string of the molecule is CCOC(=O)CCCNCCOc1ccnc(C(O)O)c1. The van der Waals surface area contributed by atoms with Crippen LogP contribution in [-0.4, -0.2) is 47.5 Å². The van der Waals surface area contributed by atoms with E-state index in [0.29, 0.717) is 38.5 Å². The molecule has 0 unspecified atom stereocenters. The van der Waals surface area contributed by atoms with Crippen molar-refractivity contribution in [2.24, 2.45) is 0 Å². The van der Waals surface area contributed by atoms with Gasteiger partial charge in [-0.25, -0.2) is 0 Å². The van der Waals surface area contributed by atoms with E-state index in [1.165, 1.54) is 12.3 Å². The molecule has 0 aliphatic heterocycles. The molecule has 0 bridgehead atoms. The molecular formula is C14H22N2O5. The molecule has 1 aromatic heterocycles. The van der Waals surface area contributed by atoms with Crippen LogP contribution in [0.15, 0.2) is 18.3 Å². The van der Waals surface area contributed by atoms with Crippen LogP contribution in [0.4, 0.5) is 0 Å². The number of aromatic nitrogens is 1. The molecule has 0 saturated heterocycles. The fraction of sp³-hybridized carbons (Fsp3) is 0.571. The van der Waals surface area contributed by atoms with E-state index in [4.69, 9.17) is 19.7 Å². The quantitative estimate of drug-likeness (QED) is 0.326. The number of esters is 1. The highest BCUT2D eigenvalue weighted by molar-refractivity contribution is 5.69. The van der Waals surface area contributed by atoms with Crippen LogP contribution in [-0.2, 0) is 9.53 Å². The Labute approximate surface area is 123 Å². The second kappa shape index (κ2) is 10.1. The second-order valence-electron chi connectivity index (χ2n) is 4.30. The minimum absolute atomic E-state index is 0.148. The Kier molecular flexibility index (Phi) is 8.34. The first-order valence-corrected chi connectivity index (χ1v) is 6.94. The maximum atomic E-state index is 11.1. The number of nitrogens with one attached hydrogen (secondary N) is 1. The molecule has 0 fully saturated rings. The molecule has 0 aromatic carbocycles. The van der Waals surface area contributed by atoms with Crippen LogP contribution in [0.2, 0.25) is 0 Å². The van der Waals surface area contributed by atoms with Crippen molar-refractivity contribution < 1.29 is 24.5 Å². The smallest absolute Gasteiger partial charge is 0.305 e.